The van der Waals surface area contributed by atoms with Crippen LogP contribution in [0.4, 0.5) is 0 Å². The van der Waals surface area contributed by atoms with E-state index >= 15 is 0 Å². The molecule has 120 valence electrons. The number of halogens is 1. The van der Waals surface area contributed by atoms with Gasteiger partial charge in [0.1, 0.15) is 12.4 Å². The molecule has 1 aromatic carbocycles. The zero-order chi connectivity index (χ0) is 15.6. The van der Waals surface area contributed by atoms with Crippen molar-refractivity contribution in [3.8, 4) is 5.75 Å². The molecule has 22 heavy (non-hydrogen) atoms. The van der Waals surface area contributed by atoms with E-state index in [4.69, 9.17) is 16.3 Å². The fourth-order valence-corrected chi connectivity index (χ4v) is 3.64. The summed E-state index contributed by atoms with van der Waals surface area (Å²) in [5.41, 5.74) is 0.235. The van der Waals surface area contributed by atoms with Gasteiger partial charge < -0.3 is 9.64 Å². The highest BCUT2D eigenvalue weighted by Crippen LogP contribution is 2.40. The van der Waals surface area contributed by atoms with Crippen LogP contribution in [0.25, 0.3) is 0 Å². The van der Waals surface area contributed by atoms with Crippen molar-refractivity contribution in [1.29, 1.82) is 0 Å². The lowest BCUT2D eigenvalue weighted by atomic mass is 9.77. The Bertz CT molecular complexity index is 524. The molecule has 0 N–H and O–H groups in total. The van der Waals surface area contributed by atoms with Crippen molar-refractivity contribution in [3.05, 3.63) is 29.3 Å². The van der Waals surface area contributed by atoms with E-state index in [9.17, 15) is 4.79 Å². The molecule has 2 fully saturated rings. The first-order valence-corrected chi connectivity index (χ1v) is 8.29. The molecule has 5 heteroatoms. The standard InChI is InChI=1S/C17H23ClN2O2/c1-19-13-17(12-16(19)21)6-8-20(9-7-17)10-11-22-15-4-2-14(18)3-5-15/h2-5H,6-13H2,1H3. The molecule has 1 aromatic rings. The van der Waals surface area contributed by atoms with Crippen molar-refractivity contribution in [1.82, 2.24) is 9.80 Å². The molecular formula is C17H23ClN2O2. The Labute approximate surface area is 137 Å². The summed E-state index contributed by atoms with van der Waals surface area (Å²) in [7, 11) is 1.92. The summed E-state index contributed by atoms with van der Waals surface area (Å²) in [5, 5.41) is 0.727. The minimum atomic E-state index is 0.235. The van der Waals surface area contributed by atoms with Gasteiger partial charge in [-0.15, -0.1) is 0 Å². The Hall–Kier alpha value is -1.26. The number of likely N-dealkylation sites (tertiary alicyclic amines) is 2. The van der Waals surface area contributed by atoms with Crippen LogP contribution < -0.4 is 4.74 Å². The molecular weight excluding hydrogens is 300 g/mol. The highest BCUT2D eigenvalue weighted by atomic mass is 35.5. The van der Waals surface area contributed by atoms with Crippen LogP contribution in [0.2, 0.25) is 5.02 Å². The maximum atomic E-state index is 11.8. The summed E-state index contributed by atoms with van der Waals surface area (Å²) in [6, 6.07) is 7.48. The maximum absolute atomic E-state index is 11.8. The molecule has 0 aliphatic carbocycles. The van der Waals surface area contributed by atoms with Crippen LogP contribution >= 0.6 is 11.6 Å². The largest absolute Gasteiger partial charge is 0.492 e. The summed E-state index contributed by atoms with van der Waals surface area (Å²) in [6.45, 7) is 4.67. The Morgan fingerprint density at radius 1 is 1.23 bits per heavy atom. The molecule has 0 saturated carbocycles. The van der Waals surface area contributed by atoms with Crippen LogP contribution in [-0.2, 0) is 4.79 Å². The summed E-state index contributed by atoms with van der Waals surface area (Å²) in [5.74, 6) is 1.17. The third-order valence-electron chi connectivity index (χ3n) is 4.93. The van der Waals surface area contributed by atoms with Crippen LogP contribution in [0.1, 0.15) is 19.3 Å². The quantitative estimate of drug-likeness (QED) is 0.854. The zero-order valence-electron chi connectivity index (χ0n) is 13.1. The van der Waals surface area contributed by atoms with Crippen LogP contribution in [0.15, 0.2) is 24.3 Å². The summed E-state index contributed by atoms with van der Waals surface area (Å²) in [4.78, 5) is 16.1. The molecule has 0 aromatic heterocycles. The molecule has 0 unspecified atom stereocenters. The Morgan fingerprint density at radius 2 is 1.91 bits per heavy atom. The van der Waals surface area contributed by atoms with Gasteiger partial charge in [0, 0.05) is 31.6 Å². The molecule has 2 saturated heterocycles. The van der Waals surface area contributed by atoms with E-state index in [1.165, 1.54) is 0 Å². The topological polar surface area (TPSA) is 32.8 Å². The fraction of sp³-hybridized carbons (Fsp3) is 0.588. The highest BCUT2D eigenvalue weighted by Gasteiger charge is 2.43. The van der Waals surface area contributed by atoms with Crippen molar-refractivity contribution >= 4 is 17.5 Å². The monoisotopic (exact) mass is 322 g/mol. The van der Waals surface area contributed by atoms with E-state index in [2.05, 4.69) is 4.90 Å². The first kappa shape index (κ1) is 15.6. The third-order valence-corrected chi connectivity index (χ3v) is 5.18. The van der Waals surface area contributed by atoms with Gasteiger partial charge in [0.25, 0.3) is 0 Å². The Kier molecular flexibility index (Phi) is 4.59. The van der Waals surface area contributed by atoms with Gasteiger partial charge in [-0.05, 0) is 55.6 Å². The van der Waals surface area contributed by atoms with Gasteiger partial charge >= 0.3 is 0 Å². The van der Waals surface area contributed by atoms with Gasteiger partial charge in [-0.25, -0.2) is 0 Å². The molecule has 4 nitrogen and oxygen atoms in total. The van der Waals surface area contributed by atoms with E-state index < -0.39 is 0 Å². The highest BCUT2D eigenvalue weighted by molar-refractivity contribution is 6.30. The second-order valence-electron chi connectivity index (χ2n) is 6.57. The van der Waals surface area contributed by atoms with Crippen molar-refractivity contribution in [2.75, 3.05) is 39.8 Å². The van der Waals surface area contributed by atoms with E-state index in [1.807, 2.05) is 36.2 Å². The van der Waals surface area contributed by atoms with E-state index in [0.29, 0.717) is 12.5 Å². The first-order chi connectivity index (χ1) is 10.6. The smallest absolute Gasteiger partial charge is 0.222 e. The minimum absolute atomic E-state index is 0.235. The predicted octanol–water partition coefficient (Wildman–Crippen LogP) is 2.66. The van der Waals surface area contributed by atoms with E-state index in [1.54, 1.807) is 0 Å². The van der Waals surface area contributed by atoms with E-state index in [0.717, 1.165) is 56.2 Å². The van der Waals surface area contributed by atoms with Crippen LogP contribution in [0.3, 0.4) is 0 Å². The molecule has 2 aliphatic heterocycles. The normalized spacial score (nSPS) is 21.5. The number of carbonyl (C=O) groups is 1. The molecule has 1 spiro atoms. The Balaban J connectivity index is 1.41. The molecule has 1 amide bonds. The van der Waals surface area contributed by atoms with Gasteiger partial charge in [0.2, 0.25) is 5.91 Å². The molecule has 0 atom stereocenters. The summed E-state index contributed by atoms with van der Waals surface area (Å²) >= 11 is 5.86. The number of piperidine rings is 1. The number of ether oxygens (including phenoxy) is 1. The van der Waals surface area contributed by atoms with Gasteiger partial charge in [0.05, 0.1) is 0 Å². The molecule has 2 aliphatic rings. The van der Waals surface area contributed by atoms with Crippen LogP contribution in [0, 0.1) is 5.41 Å². The number of benzene rings is 1. The number of rotatable bonds is 4. The van der Waals surface area contributed by atoms with Crippen molar-refractivity contribution in [2.24, 2.45) is 5.41 Å². The average Bonchev–Trinajstić information content (AvgIpc) is 2.78. The SMILES string of the molecule is CN1CC2(CCN(CCOc3ccc(Cl)cc3)CC2)CC1=O. The lowest BCUT2D eigenvalue weighted by molar-refractivity contribution is -0.126. The van der Waals surface area contributed by atoms with Crippen LogP contribution in [0.5, 0.6) is 5.75 Å². The van der Waals surface area contributed by atoms with Gasteiger partial charge in [-0.2, -0.15) is 0 Å². The zero-order valence-corrected chi connectivity index (χ0v) is 13.8. The minimum Gasteiger partial charge on any atom is -0.492 e. The molecule has 2 heterocycles. The van der Waals surface area contributed by atoms with Gasteiger partial charge in [0.15, 0.2) is 0 Å². The summed E-state index contributed by atoms with van der Waals surface area (Å²) < 4.78 is 5.75. The number of amides is 1. The Morgan fingerprint density at radius 3 is 2.50 bits per heavy atom. The number of hydrogen-bond donors (Lipinski definition) is 0. The van der Waals surface area contributed by atoms with Crippen molar-refractivity contribution in [2.45, 2.75) is 19.3 Å². The van der Waals surface area contributed by atoms with Crippen LogP contribution in [-0.4, -0.2) is 55.5 Å². The molecule has 3 rings (SSSR count). The maximum Gasteiger partial charge on any atom is 0.222 e. The number of carbonyl (C=O) groups excluding carboxylic acids is 1. The third kappa shape index (κ3) is 3.55. The second kappa shape index (κ2) is 6.47. The van der Waals surface area contributed by atoms with Crippen molar-refractivity contribution < 1.29 is 9.53 Å². The average molecular weight is 323 g/mol. The first-order valence-electron chi connectivity index (χ1n) is 7.91. The lowest BCUT2D eigenvalue weighted by Gasteiger charge is -2.38. The van der Waals surface area contributed by atoms with Gasteiger partial charge in [-0.3, -0.25) is 9.69 Å². The lowest BCUT2D eigenvalue weighted by Crippen LogP contribution is -2.42. The summed E-state index contributed by atoms with van der Waals surface area (Å²) in [6.07, 6.45) is 2.96. The number of nitrogens with zero attached hydrogens (tertiary/aromatic N) is 2. The molecule has 0 bridgehead atoms. The molecule has 0 radical (unpaired) electrons. The number of hydrogen-bond acceptors (Lipinski definition) is 3. The second-order valence-corrected chi connectivity index (χ2v) is 7.01. The van der Waals surface area contributed by atoms with E-state index in [-0.39, 0.29) is 5.41 Å². The van der Waals surface area contributed by atoms with Crippen molar-refractivity contribution in [3.63, 3.8) is 0 Å². The van der Waals surface area contributed by atoms with Gasteiger partial charge in [-0.1, -0.05) is 11.6 Å². The fourth-order valence-electron chi connectivity index (χ4n) is 3.51. The predicted molar refractivity (Wildman–Crippen MR) is 87.3 cm³/mol.